The van der Waals surface area contributed by atoms with Crippen molar-refractivity contribution in [2.75, 3.05) is 13.1 Å². The molecule has 0 radical (unpaired) electrons. The number of carbonyl (C=O) groups excluding carboxylic acids is 4. The van der Waals surface area contributed by atoms with E-state index in [0.717, 1.165) is 20.1 Å². The van der Waals surface area contributed by atoms with E-state index in [-0.39, 0.29) is 36.3 Å². The van der Waals surface area contributed by atoms with E-state index in [4.69, 9.17) is 0 Å². The van der Waals surface area contributed by atoms with E-state index in [1.54, 1.807) is 41.3 Å². The molecule has 0 spiro atoms. The molecule has 3 amide bonds. The number of phenolic OH excluding ortho intramolecular Hbond substituents is 1. The molecule has 3 aromatic carbocycles. The van der Waals surface area contributed by atoms with E-state index >= 15 is 0 Å². The molecule has 2 fully saturated rings. The molecule has 41 heavy (non-hydrogen) atoms. The Morgan fingerprint density at radius 2 is 1.80 bits per heavy atom. The number of hydrogen-bond acceptors (Lipinski definition) is 6. The van der Waals surface area contributed by atoms with E-state index in [1.807, 2.05) is 29.6 Å². The summed E-state index contributed by atoms with van der Waals surface area (Å²) in [5.74, 6) is -1.09. The lowest BCUT2D eigenvalue weighted by atomic mass is 10.0. The molecule has 0 aliphatic carbocycles. The van der Waals surface area contributed by atoms with Gasteiger partial charge in [-0.2, -0.15) is 0 Å². The van der Waals surface area contributed by atoms with Crippen molar-refractivity contribution in [1.29, 1.82) is 0 Å². The van der Waals surface area contributed by atoms with E-state index in [0.29, 0.717) is 24.1 Å². The minimum Gasteiger partial charge on any atom is -0.508 e. The molecule has 1 aromatic heterocycles. The first-order valence-corrected chi connectivity index (χ1v) is 14.9. The van der Waals surface area contributed by atoms with Crippen LogP contribution in [0.25, 0.3) is 10.1 Å². The lowest BCUT2D eigenvalue weighted by Gasteiger charge is -2.28. The first kappa shape index (κ1) is 27.2. The Bertz CT molecular complexity index is 1670. The number of nitrogens with zero attached hydrogens (tertiary/aromatic N) is 2. The van der Waals surface area contributed by atoms with Gasteiger partial charge in [0.2, 0.25) is 5.91 Å². The third-order valence-corrected chi connectivity index (χ3v) is 9.20. The smallest absolute Gasteiger partial charge is 0.256 e. The van der Waals surface area contributed by atoms with Gasteiger partial charge in [0.05, 0.1) is 18.2 Å². The molecule has 2 N–H and O–H groups in total. The summed E-state index contributed by atoms with van der Waals surface area (Å²) in [6.45, 7) is 0.238. The Labute approximate surface area is 248 Å². The van der Waals surface area contributed by atoms with Gasteiger partial charge < -0.3 is 20.2 Å². The third-order valence-electron chi connectivity index (χ3n) is 7.74. The van der Waals surface area contributed by atoms with Crippen LogP contribution in [0.15, 0.2) is 82.6 Å². The number of nitrogens with one attached hydrogen (secondary N) is 1. The van der Waals surface area contributed by atoms with Gasteiger partial charge in [0.1, 0.15) is 17.8 Å². The number of rotatable bonds is 6. The largest absolute Gasteiger partial charge is 0.508 e. The van der Waals surface area contributed by atoms with Crippen molar-refractivity contribution in [3.8, 4) is 5.75 Å². The number of phenols is 1. The second-order valence-corrected chi connectivity index (χ2v) is 12.1. The Morgan fingerprint density at radius 1 is 1.02 bits per heavy atom. The molecule has 10 heteroatoms. The molecule has 2 aliphatic heterocycles. The summed E-state index contributed by atoms with van der Waals surface area (Å²) in [4.78, 5) is 57.3. The van der Waals surface area contributed by atoms with Crippen molar-refractivity contribution in [3.05, 3.63) is 99.3 Å². The standard InChI is InChI=1S/C31H26BrN3O5S/c32-20-5-3-4-19(15-20)29(38)33-24(14-18-8-10-21(36)11-9-18)31(40)34-13-12-25-28(34)26(37)16-35(25)30(39)23-17-41-27-7-2-1-6-22(23)27/h1-11,15,17,24-25,28,36H,12-14,16H2,(H,33,38). The number of likely N-dealkylation sites (tertiary alicyclic amines) is 2. The van der Waals surface area contributed by atoms with E-state index < -0.39 is 24.0 Å². The van der Waals surface area contributed by atoms with Crippen LogP contribution in [0.2, 0.25) is 0 Å². The van der Waals surface area contributed by atoms with Gasteiger partial charge in [-0.15, -0.1) is 11.3 Å². The van der Waals surface area contributed by atoms with Gasteiger partial charge in [-0.3, -0.25) is 19.2 Å². The molecule has 4 aromatic rings. The van der Waals surface area contributed by atoms with Gasteiger partial charge in [0, 0.05) is 38.5 Å². The van der Waals surface area contributed by atoms with Crippen molar-refractivity contribution < 1.29 is 24.3 Å². The summed E-state index contributed by atoms with van der Waals surface area (Å²) in [6.07, 6.45) is 0.645. The van der Waals surface area contributed by atoms with Crippen LogP contribution in [0, 0.1) is 0 Å². The minimum absolute atomic E-state index is 0.0604. The van der Waals surface area contributed by atoms with Gasteiger partial charge in [0.15, 0.2) is 5.78 Å². The van der Waals surface area contributed by atoms with E-state index in [9.17, 15) is 24.3 Å². The zero-order chi connectivity index (χ0) is 28.7. The number of carbonyl (C=O) groups is 4. The van der Waals surface area contributed by atoms with Crippen molar-refractivity contribution in [2.24, 2.45) is 0 Å². The Morgan fingerprint density at radius 3 is 2.59 bits per heavy atom. The average Bonchev–Trinajstić information content (AvgIpc) is 3.68. The monoisotopic (exact) mass is 631 g/mol. The summed E-state index contributed by atoms with van der Waals surface area (Å²) in [6, 6.07) is 18.8. The molecule has 3 atom stereocenters. The summed E-state index contributed by atoms with van der Waals surface area (Å²) >= 11 is 4.86. The highest BCUT2D eigenvalue weighted by Crippen LogP contribution is 2.34. The number of Topliss-reactive ketones (excluding diaryl/α,β-unsaturated/α-hetero) is 1. The van der Waals surface area contributed by atoms with Crippen LogP contribution < -0.4 is 5.32 Å². The maximum Gasteiger partial charge on any atom is 0.256 e. The van der Waals surface area contributed by atoms with Crippen LogP contribution in [-0.4, -0.2) is 69.6 Å². The molecule has 6 rings (SSSR count). The summed E-state index contributed by atoms with van der Waals surface area (Å²) < 4.78 is 1.73. The van der Waals surface area contributed by atoms with Crippen molar-refractivity contribution >= 4 is 60.9 Å². The van der Waals surface area contributed by atoms with Crippen LogP contribution in [0.4, 0.5) is 0 Å². The van der Waals surface area contributed by atoms with Gasteiger partial charge in [-0.1, -0.05) is 52.3 Å². The van der Waals surface area contributed by atoms with Crippen molar-refractivity contribution in [3.63, 3.8) is 0 Å². The highest BCUT2D eigenvalue weighted by Gasteiger charge is 2.52. The lowest BCUT2D eigenvalue weighted by molar-refractivity contribution is -0.138. The second-order valence-electron chi connectivity index (χ2n) is 10.3. The quantitative estimate of drug-likeness (QED) is 0.328. The number of hydrogen-bond donors (Lipinski definition) is 2. The fraction of sp³-hybridized carbons (Fsp3) is 0.226. The predicted molar refractivity (Wildman–Crippen MR) is 159 cm³/mol. The maximum absolute atomic E-state index is 14.0. The number of halogens is 1. The zero-order valence-corrected chi connectivity index (χ0v) is 24.2. The summed E-state index contributed by atoms with van der Waals surface area (Å²) in [5.41, 5.74) is 1.69. The van der Waals surface area contributed by atoms with Gasteiger partial charge in [0.25, 0.3) is 11.8 Å². The molecule has 0 saturated carbocycles. The number of fused-ring (bicyclic) bond motifs is 2. The molecule has 3 heterocycles. The predicted octanol–water partition coefficient (Wildman–Crippen LogP) is 4.41. The summed E-state index contributed by atoms with van der Waals surface area (Å²) in [5, 5.41) is 15.3. The maximum atomic E-state index is 14.0. The zero-order valence-electron chi connectivity index (χ0n) is 21.8. The Hall–Kier alpha value is -4.02. The number of ketones is 1. The lowest BCUT2D eigenvalue weighted by Crippen LogP contribution is -2.53. The van der Waals surface area contributed by atoms with Gasteiger partial charge >= 0.3 is 0 Å². The number of aromatic hydroxyl groups is 1. The number of thiophene rings is 1. The topological polar surface area (TPSA) is 107 Å². The van der Waals surface area contributed by atoms with Gasteiger partial charge in [-0.25, -0.2) is 0 Å². The molecular weight excluding hydrogens is 606 g/mol. The van der Waals surface area contributed by atoms with Crippen LogP contribution in [0.3, 0.4) is 0 Å². The Balaban J connectivity index is 1.25. The molecule has 3 unspecified atom stereocenters. The van der Waals surface area contributed by atoms with E-state index in [2.05, 4.69) is 21.2 Å². The first-order valence-electron chi connectivity index (χ1n) is 13.2. The first-order chi connectivity index (χ1) is 19.8. The third kappa shape index (κ3) is 5.25. The van der Waals surface area contributed by atoms with Crippen molar-refractivity contribution in [2.45, 2.75) is 31.0 Å². The molecule has 2 aliphatic rings. The normalized spacial score (nSPS) is 18.9. The number of amides is 3. The molecule has 208 valence electrons. The summed E-state index contributed by atoms with van der Waals surface area (Å²) in [7, 11) is 0. The van der Waals surface area contributed by atoms with Crippen LogP contribution in [0.5, 0.6) is 5.75 Å². The second kappa shape index (κ2) is 11.1. The van der Waals surface area contributed by atoms with Crippen LogP contribution in [0.1, 0.15) is 32.7 Å². The molecule has 2 saturated heterocycles. The molecule has 0 bridgehead atoms. The van der Waals surface area contributed by atoms with Crippen molar-refractivity contribution in [1.82, 2.24) is 15.1 Å². The number of benzene rings is 3. The molecular formula is C31H26BrN3O5S. The average molecular weight is 633 g/mol. The fourth-order valence-electron chi connectivity index (χ4n) is 5.78. The van der Waals surface area contributed by atoms with Gasteiger partial charge in [-0.05, 0) is 48.4 Å². The molecule has 8 nitrogen and oxygen atoms in total. The highest BCUT2D eigenvalue weighted by molar-refractivity contribution is 9.10. The fourth-order valence-corrected chi connectivity index (χ4v) is 7.11. The van der Waals surface area contributed by atoms with Crippen LogP contribution in [-0.2, 0) is 16.0 Å². The highest BCUT2D eigenvalue weighted by atomic mass is 79.9. The van der Waals surface area contributed by atoms with Crippen LogP contribution >= 0.6 is 27.3 Å². The SMILES string of the molecule is O=C(NC(Cc1ccc(O)cc1)C(=O)N1CCC2C1C(=O)CN2C(=O)c1csc2ccccc12)c1cccc(Br)c1. The van der Waals surface area contributed by atoms with E-state index in [1.165, 1.54) is 28.4 Å². The minimum atomic E-state index is -0.955. The Kier molecular flexibility index (Phi) is 7.35.